The van der Waals surface area contributed by atoms with Crippen molar-refractivity contribution in [3.05, 3.63) is 34.1 Å². The number of hydrogen-bond donors (Lipinski definition) is 2. The van der Waals surface area contributed by atoms with Crippen LogP contribution >= 0.6 is 15.9 Å². The molecule has 0 unspecified atom stereocenters. The van der Waals surface area contributed by atoms with Gasteiger partial charge in [0.1, 0.15) is 5.82 Å². The Kier molecular flexibility index (Phi) is 7.43. The van der Waals surface area contributed by atoms with Crippen LogP contribution in [0.5, 0.6) is 0 Å². The van der Waals surface area contributed by atoms with E-state index in [4.69, 9.17) is 4.74 Å². The van der Waals surface area contributed by atoms with E-state index in [1.54, 1.807) is 20.2 Å². The monoisotopic (exact) mass is 331 g/mol. The Labute approximate surface area is 121 Å². The van der Waals surface area contributed by atoms with Gasteiger partial charge in [-0.25, -0.2) is 4.39 Å². The van der Waals surface area contributed by atoms with Crippen molar-refractivity contribution >= 4 is 21.9 Å². The summed E-state index contributed by atoms with van der Waals surface area (Å²) in [6.07, 6.45) is 0.904. The number of rotatable bonds is 6. The molecule has 6 heteroatoms. The van der Waals surface area contributed by atoms with Crippen molar-refractivity contribution in [2.24, 2.45) is 4.99 Å². The molecule has 1 aromatic rings. The maximum atomic E-state index is 13.1. The summed E-state index contributed by atoms with van der Waals surface area (Å²) in [5, 5.41) is 6.29. The minimum atomic E-state index is -0.247. The molecular formula is C13H19BrFN3O. The first kappa shape index (κ1) is 15.9. The Bertz CT molecular complexity index is 426. The number of nitrogens with zero attached hydrogens (tertiary/aromatic N) is 1. The first-order valence-corrected chi connectivity index (χ1v) is 6.84. The maximum absolute atomic E-state index is 13.1. The van der Waals surface area contributed by atoms with Gasteiger partial charge in [0.15, 0.2) is 5.96 Å². The van der Waals surface area contributed by atoms with Crippen LogP contribution in [0.15, 0.2) is 27.7 Å². The van der Waals surface area contributed by atoms with Gasteiger partial charge in [0.05, 0.1) is 0 Å². The number of methoxy groups -OCH3 is 1. The highest BCUT2D eigenvalue weighted by Gasteiger charge is 2.03. The number of benzene rings is 1. The highest BCUT2D eigenvalue weighted by Crippen LogP contribution is 2.17. The number of guanidine groups is 1. The normalized spacial score (nSPS) is 11.5. The minimum Gasteiger partial charge on any atom is -0.385 e. The molecule has 0 saturated heterocycles. The van der Waals surface area contributed by atoms with E-state index in [1.165, 1.54) is 12.1 Å². The van der Waals surface area contributed by atoms with E-state index in [1.807, 2.05) is 0 Å². The summed E-state index contributed by atoms with van der Waals surface area (Å²) in [4.78, 5) is 4.10. The van der Waals surface area contributed by atoms with Crippen molar-refractivity contribution in [3.8, 4) is 0 Å². The second kappa shape index (κ2) is 8.87. The average Bonchev–Trinajstić information content (AvgIpc) is 2.41. The number of halogens is 2. The molecule has 1 rings (SSSR count). The Balaban J connectivity index is 2.42. The number of nitrogens with one attached hydrogen (secondary N) is 2. The molecule has 0 heterocycles. The lowest BCUT2D eigenvalue weighted by Gasteiger charge is -2.12. The van der Waals surface area contributed by atoms with Crippen LogP contribution in [0.3, 0.4) is 0 Å². The molecule has 0 atom stereocenters. The van der Waals surface area contributed by atoms with Crippen molar-refractivity contribution in [1.29, 1.82) is 0 Å². The van der Waals surface area contributed by atoms with Crippen LogP contribution in [0.25, 0.3) is 0 Å². The van der Waals surface area contributed by atoms with Crippen LogP contribution in [0, 0.1) is 5.82 Å². The molecule has 0 aliphatic heterocycles. The van der Waals surface area contributed by atoms with Crippen LogP contribution in [-0.2, 0) is 11.3 Å². The molecule has 0 saturated carbocycles. The molecule has 106 valence electrons. The molecule has 4 nitrogen and oxygen atoms in total. The number of hydrogen-bond acceptors (Lipinski definition) is 2. The predicted octanol–water partition coefficient (Wildman–Crippen LogP) is 2.29. The fraction of sp³-hybridized carbons (Fsp3) is 0.462. The average molecular weight is 332 g/mol. The molecule has 0 aromatic heterocycles. The Morgan fingerprint density at radius 3 is 2.89 bits per heavy atom. The van der Waals surface area contributed by atoms with Gasteiger partial charge < -0.3 is 15.4 Å². The van der Waals surface area contributed by atoms with Crippen LogP contribution < -0.4 is 10.6 Å². The summed E-state index contributed by atoms with van der Waals surface area (Å²) in [7, 11) is 3.38. The summed E-state index contributed by atoms with van der Waals surface area (Å²) < 4.78 is 19.0. The van der Waals surface area contributed by atoms with Crippen molar-refractivity contribution in [2.45, 2.75) is 13.0 Å². The number of aliphatic imine (C=N–C) groups is 1. The zero-order valence-corrected chi connectivity index (χ0v) is 12.8. The zero-order chi connectivity index (χ0) is 14.1. The van der Waals surface area contributed by atoms with Gasteiger partial charge in [0.2, 0.25) is 0 Å². The quantitative estimate of drug-likeness (QED) is 0.477. The summed E-state index contributed by atoms with van der Waals surface area (Å²) in [6.45, 7) is 1.99. The van der Waals surface area contributed by atoms with Crippen molar-refractivity contribution in [3.63, 3.8) is 0 Å². The molecule has 2 N–H and O–H groups in total. The smallest absolute Gasteiger partial charge is 0.191 e. The van der Waals surface area contributed by atoms with Gasteiger partial charge in [-0.15, -0.1) is 0 Å². The van der Waals surface area contributed by atoms with E-state index in [-0.39, 0.29) is 5.82 Å². The van der Waals surface area contributed by atoms with Gasteiger partial charge in [-0.2, -0.15) is 0 Å². The van der Waals surface area contributed by atoms with Gasteiger partial charge in [0.25, 0.3) is 0 Å². The molecule has 0 radical (unpaired) electrons. The van der Waals surface area contributed by atoms with Crippen molar-refractivity contribution < 1.29 is 9.13 Å². The van der Waals surface area contributed by atoms with Gasteiger partial charge in [-0.1, -0.05) is 15.9 Å². The van der Waals surface area contributed by atoms with Gasteiger partial charge in [-0.3, -0.25) is 4.99 Å². The lowest BCUT2D eigenvalue weighted by molar-refractivity contribution is 0.195. The van der Waals surface area contributed by atoms with E-state index < -0.39 is 0 Å². The lowest BCUT2D eigenvalue weighted by atomic mass is 10.2. The Morgan fingerprint density at radius 2 is 2.21 bits per heavy atom. The standard InChI is InChI=1S/C13H19BrFN3O/c1-16-13(17-6-3-7-19-2)18-9-10-8-11(15)4-5-12(10)14/h4-5,8H,3,6-7,9H2,1-2H3,(H2,16,17,18). The third-order valence-electron chi connectivity index (χ3n) is 2.50. The van der Waals surface area contributed by atoms with Crippen LogP contribution in [0.4, 0.5) is 4.39 Å². The first-order chi connectivity index (χ1) is 9.17. The van der Waals surface area contributed by atoms with Crippen molar-refractivity contribution in [1.82, 2.24) is 10.6 Å². The first-order valence-electron chi connectivity index (χ1n) is 6.04. The van der Waals surface area contributed by atoms with Gasteiger partial charge >= 0.3 is 0 Å². The highest BCUT2D eigenvalue weighted by atomic mass is 79.9. The third kappa shape index (κ3) is 6.02. The molecule has 1 aromatic carbocycles. The van der Waals surface area contributed by atoms with Crippen LogP contribution in [0.2, 0.25) is 0 Å². The Morgan fingerprint density at radius 1 is 1.42 bits per heavy atom. The fourth-order valence-corrected chi connectivity index (χ4v) is 1.89. The summed E-state index contributed by atoms with van der Waals surface area (Å²) in [5.41, 5.74) is 0.847. The SMILES string of the molecule is CN=C(NCCCOC)NCc1cc(F)ccc1Br. The molecule has 0 fully saturated rings. The number of ether oxygens (including phenoxy) is 1. The van der Waals surface area contributed by atoms with Crippen LogP contribution in [-0.4, -0.2) is 33.3 Å². The minimum absolute atomic E-state index is 0.247. The summed E-state index contributed by atoms with van der Waals surface area (Å²) in [5.74, 6) is 0.440. The molecule has 19 heavy (non-hydrogen) atoms. The topological polar surface area (TPSA) is 45.7 Å². The van der Waals surface area contributed by atoms with E-state index >= 15 is 0 Å². The van der Waals surface area contributed by atoms with Gasteiger partial charge in [0, 0.05) is 38.3 Å². The van der Waals surface area contributed by atoms with E-state index in [2.05, 4.69) is 31.6 Å². The Hall–Kier alpha value is -1.14. The molecule has 0 aliphatic carbocycles. The predicted molar refractivity (Wildman–Crippen MR) is 78.8 cm³/mol. The van der Waals surface area contributed by atoms with Gasteiger partial charge in [-0.05, 0) is 30.2 Å². The summed E-state index contributed by atoms with van der Waals surface area (Å²) >= 11 is 3.39. The summed E-state index contributed by atoms with van der Waals surface area (Å²) in [6, 6.07) is 4.61. The van der Waals surface area contributed by atoms with Crippen molar-refractivity contribution in [2.75, 3.05) is 27.3 Å². The second-order valence-electron chi connectivity index (χ2n) is 3.93. The largest absolute Gasteiger partial charge is 0.385 e. The lowest BCUT2D eigenvalue weighted by Crippen LogP contribution is -2.37. The molecule has 0 aliphatic rings. The van der Waals surface area contributed by atoms with Crippen LogP contribution in [0.1, 0.15) is 12.0 Å². The zero-order valence-electron chi connectivity index (χ0n) is 11.2. The highest BCUT2D eigenvalue weighted by molar-refractivity contribution is 9.10. The molecule has 0 spiro atoms. The maximum Gasteiger partial charge on any atom is 0.191 e. The van der Waals surface area contributed by atoms with E-state index in [9.17, 15) is 4.39 Å². The molecule has 0 amide bonds. The van der Waals surface area contributed by atoms with E-state index in [0.29, 0.717) is 19.1 Å². The molecular weight excluding hydrogens is 313 g/mol. The fourth-order valence-electron chi connectivity index (χ4n) is 1.50. The van der Waals surface area contributed by atoms with E-state index in [0.717, 1.165) is 23.0 Å². The third-order valence-corrected chi connectivity index (χ3v) is 3.27. The second-order valence-corrected chi connectivity index (χ2v) is 4.79. The molecule has 0 bridgehead atoms.